The summed E-state index contributed by atoms with van der Waals surface area (Å²) in [5, 5.41) is -5.45. The fraction of sp³-hybridized carbons (Fsp3) is 0.857. The van der Waals surface area contributed by atoms with Crippen LogP contribution in [0.5, 0.6) is 0 Å². The fourth-order valence-corrected chi connectivity index (χ4v) is 11.5. The minimum absolute atomic E-state index is 0.165. The highest BCUT2D eigenvalue weighted by atomic mass is 32.2. The molecule has 0 aliphatic heterocycles. The van der Waals surface area contributed by atoms with Crippen molar-refractivity contribution < 1.29 is 69.4 Å². The van der Waals surface area contributed by atoms with Gasteiger partial charge in [0, 0.05) is 12.8 Å². The summed E-state index contributed by atoms with van der Waals surface area (Å²) >= 11 is 0. The van der Waals surface area contributed by atoms with Crippen LogP contribution in [0.4, 0.5) is 8.78 Å². The molecule has 0 radical (unpaired) electrons. The Bertz CT molecular complexity index is 1450. The maximum atomic E-state index is 14.0. The molecule has 8 aliphatic carbocycles. The number of hydrogen-bond donors (Lipinski definition) is 1. The van der Waals surface area contributed by atoms with Crippen LogP contribution < -0.4 is 0 Å². The van der Waals surface area contributed by atoms with Gasteiger partial charge in [0.2, 0.25) is 0 Å². The summed E-state index contributed by atoms with van der Waals surface area (Å²) in [5.41, 5.74) is -1.36. The Morgan fingerprint density at radius 1 is 0.686 bits per heavy atom. The number of carbonyl (C=O) groups excluding carboxylic acids is 5. The third kappa shape index (κ3) is 7.24. The molecule has 8 aliphatic rings. The zero-order chi connectivity index (χ0) is 36.9. The van der Waals surface area contributed by atoms with Crippen molar-refractivity contribution in [2.45, 2.75) is 126 Å². The van der Waals surface area contributed by atoms with Gasteiger partial charge in [0.05, 0.1) is 0 Å². The first-order valence-electron chi connectivity index (χ1n) is 18.3. The van der Waals surface area contributed by atoms with Crippen LogP contribution in [0.2, 0.25) is 0 Å². The zero-order valence-corrected chi connectivity index (χ0v) is 29.8. The maximum absolute atomic E-state index is 14.0. The Labute approximate surface area is 295 Å². The average molecular weight is 747 g/mol. The summed E-state index contributed by atoms with van der Waals surface area (Å²) in [7, 11) is -6.29. The summed E-state index contributed by atoms with van der Waals surface area (Å²) in [5.74, 6) is -3.82. The van der Waals surface area contributed by atoms with Crippen LogP contribution in [0.3, 0.4) is 0 Å². The number of esters is 5. The van der Waals surface area contributed by atoms with Crippen LogP contribution in [0.1, 0.15) is 104 Å². The second kappa shape index (κ2) is 14.2. The Kier molecular flexibility index (Phi) is 10.5. The van der Waals surface area contributed by atoms with E-state index in [0.29, 0.717) is 36.5 Å². The van der Waals surface area contributed by atoms with Gasteiger partial charge >= 0.3 is 45.2 Å². The molecule has 0 amide bonds. The molecule has 1 unspecified atom stereocenters. The van der Waals surface area contributed by atoms with Crippen molar-refractivity contribution in [3.8, 4) is 0 Å². The van der Waals surface area contributed by atoms with Crippen molar-refractivity contribution in [2.75, 3.05) is 13.2 Å². The SMILES string of the molecule is CCC1(OC(=O)COC(=O)CCC(OC(=O)C(F)(F)S(=O)(=O)O)C(=O)OCC(=O)OC2(CC)C3CC4CC(C3)CC2C4)C2CC3CC(C2)CC1C3. The molecular formula is C35H48F2O13S. The Hall–Kier alpha value is -2.88. The van der Waals surface area contributed by atoms with Crippen LogP contribution in [0, 0.1) is 47.3 Å². The largest absolute Gasteiger partial charge is 0.465 e. The third-order valence-corrected chi connectivity index (χ3v) is 13.9. The average Bonchev–Trinajstić information content (AvgIpc) is 3.06. The van der Waals surface area contributed by atoms with Crippen molar-refractivity contribution in [1.29, 1.82) is 0 Å². The van der Waals surface area contributed by atoms with Crippen LogP contribution in [0.15, 0.2) is 0 Å². The summed E-state index contributed by atoms with van der Waals surface area (Å²) in [4.78, 5) is 63.5. The summed E-state index contributed by atoms with van der Waals surface area (Å²) in [6, 6.07) is 0. The second-order valence-electron chi connectivity index (χ2n) is 15.9. The molecular weight excluding hydrogens is 698 g/mol. The number of ether oxygens (including phenoxy) is 5. The Balaban J connectivity index is 1.03. The second-order valence-corrected chi connectivity index (χ2v) is 17.3. The standard InChI is InChI=1S/C35H48F2O13S/c1-3-33(23-9-19-7-20(11-23)12-24(33)10-19)49-29(39)17-46-28(38)6-5-27(48-32(42)35(36,37)51(43,44)45)31(41)47-18-30(40)50-34(4-2)25-13-21-8-22(15-25)16-26(34)14-21/h19-27H,3-18H2,1-2H3,(H,43,44,45). The van der Waals surface area contributed by atoms with Gasteiger partial charge in [0.15, 0.2) is 19.3 Å². The summed E-state index contributed by atoms with van der Waals surface area (Å²) < 4.78 is 85.4. The predicted molar refractivity (Wildman–Crippen MR) is 170 cm³/mol. The van der Waals surface area contributed by atoms with Gasteiger partial charge in [-0.15, -0.1) is 0 Å². The molecule has 0 saturated heterocycles. The van der Waals surface area contributed by atoms with E-state index in [9.17, 15) is 41.2 Å². The first kappa shape index (κ1) is 37.9. The van der Waals surface area contributed by atoms with E-state index in [2.05, 4.69) is 4.74 Å². The lowest BCUT2D eigenvalue weighted by atomic mass is 9.49. The number of alkyl halides is 2. The van der Waals surface area contributed by atoms with Gasteiger partial charge in [-0.1, -0.05) is 13.8 Å². The molecule has 0 aromatic heterocycles. The van der Waals surface area contributed by atoms with Crippen LogP contribution >= 0.6 is 0 Å². The van der Waals surface area contributed by atoms with Crippen molar-refractivity contribution >= 4 is 40.0 Å². The molecule has 1 atom stereocenters. The van der Waals surface area contributed by atoms with Gasteiger partial charge in [0.25, 0.3) is 0 Å². The van der Waals surface area contributed by atoms with E-state index in [1.165, 1.54) is 12.8 Å². The zero-order valence-electron chi connectivity index (χ0n) is 29.0. The molecule has 0 aromatic rings. The van der Waals surface area contributed by atoms with E-state index < -0.39 is 88.6 Å². The number of halogens is 2. The van der Waals surface area contributed by atoms with Gasteiger partial charge in [-0.05, 0) is 124 Å². The van der Waals surface area contributed by atoms with Crippen LogP contribution in [-0.4, -0.2) is 78.6 Å². The molecule has 1 N–H and O–H groups in total. The molecule has 8 saturated carbocycles. The van der Waals surface area contributed by atoms with Gasteiger partial charge in [-0.3, -0.25) is 9.35 Å². The first-order chi connectivity index (χ1) is 24.0. The predicted octanol–water partition coefficient (Wildman–Crippen LogP) is 4.54. The molecule has 0 aromatic carbocycles. The smallest absolute Gasteiger partial charge is 0.456 e. The number of rotatable bonds is 15. The molecule has 51 heavy (non-hydrogen) atoms. The molecule has 16 heteroatoms. The van der Waals surface area contributed by atoms with E-state index in [1.54, 1.807) is 0 Å². The summed E-state index contributed by atoms with van der Waals surface area (Å²) in [6.07, 6.45) is 7.33. The molecule has 0 heterocycles. The van der Waals surface area contributed by atoms with E-state index in [0.717, 1.165) is 51.4 Å². The lowest BCUT2D eigenvalue weighted by Gasteiger charge is -2.60. The topological polar surface area (TPSA) is 186 Å². The Morgan fingerprint density at radius 3 is 1.45 bits per heavy atom. The van der Waals surface area contributed by atoms with E-state index in [4.69, 9.17) is 23.5 Å². The minimum Gasteiger partial charge on any atom is -0.456 e. The van der Waals surface area contributed by atoms with Crippen LogP contribution in [0.25, 0.3) is 0 Å². The molecule has 8 fully saturated rings. The lowest BCUT2D eigenvalue weighted by molar-refractivity contribution is -0.215. The van der Waals surface area contributed by atoms with Crippen LogP contribution in [-0.2, 0) is 57.8 Å². The molecule has 13 nitrogen and oxygen atoms in total. The highest BCUT2D eigenvalue weighted by Gasteiger charge is 2.60. The van der Waals surface area contributed by atoms with E-state index in [1.807, 2.05) is 13.8 Å². The monoisotopic (exact) mass is 746 g/mol. The quantitative estimate of drug-likeness (QED) is 0.140. The summed E-state index contributed by atoms with van der Waals surface area (Å²) in [6.45, 7) is 2.18. The number of hydrogen-bond acceptors (Lipinski definition) is 12. The van der Waals surface area contributed by atoms with Crippen molar-refractivity contribution in [2.24, 2.45) is 47.3 Å². The third-order valence-electron chi connectivity index (χ3n) is 13.1. The molecule has 286 valence electrons. The van der Waals surface area contributed by atoms with Crippen molar-refractivity contribution in [3.05, 3.63) is 0 Å². The van der Waals surface area contributed by atoms with Crippen molar-refractivity contribution in [1.82, 2.24) is 0 Å². The number of carbonyl (C=O) groups is 5. The van der Waals surface area contributed by atoms with Gasteiger partial charge in [-0.2, -0.15) is 17.2 Å². The maximum Gasteiger partial charge on any atom is 0.465 e. The van der Waals surface area contributed by atoms with Gasteiger partial charge < -0.3 is 23.7 Å². The van der Waals surface area contributed by atoms with E-state index in [-0.39, 0.29) is 23.7 Å². The first-order valence-corrected chi connectivity index (χ1v) is 19.7. The Morgan fingerprint density at radius 2 is 1.08 bits per heavy atom. The van der Waals surface area contributed by atoms with Gasteiger partial charge in [-0.25, -0.2) is 19.2 Å². The lowest BCUT2D eigenvalue weighted by Crippen LogP contribution is -2.59. The van der Waals surface area contributed by atoms with E-state index >= 15 is 0 Å². The van der Waals surface area contributed by atoms with Gasteiger partial charge in [0.1, 0.15) is 11.2 Å². The highest BCUT2D eigenvalue weighted by Crippen LogP contribution is 2.62. The highest BCUT2D eigenvalue weighted by molar-refractivity contribution is 7.87. The van der Waals surface area contributed by atoms with Crippen molar-refractivity contribution in [3.63, 3.8) is 0 Å². The fourth-order valence-electron chi connectivity index (χ4n) is 11.3. The molecule has 8 bridgehead atoms. The molecule has 0 spiro atoms. The normalized spacial score (nSPS) is 36.6. The molecule has 8 rings (SSSR count). The minimum atomic E-state index is -6.29.